The fourth-order valence-corrected chi connectivity index (χ4v) is 14.5. The van der Waals surface area contributed by atoms with Crippen LogP contribution in [0.5, 0.6) is 5.75 Å². The summed E-state index contributed by atoms with van der Waals surface area (Å²) in [6.45, 7) is 9.28. The van der Waals surface area contributed by atoms with Gasteiger partial charge in [0.05, 0.1) is 24.5 Å². The first-order chi connectivity index (χ1) is 28.3. The van der Waals surface area contributed by atoms with Gasteiger partial charge in [0.25, 0.3) is 8.32 Å². The first-order valence-electron chi connectivity index (χ1n) is 21.1. The second kappa shape index (κ2) is 17.8. The SMILES string of the molecule is C/C(=C\c1ccc(O)c2ccccc12)CC[C@H]1OB(O)C[C@H]2C1=C(CO[Si](c1ccccc1)(c1ccccc1)C(C)(C)C)C[C@H]1C(=O)N(CCCCCC(=O)O)C(=O)[C@H]12. The van der Waals surface area contributed by atoms with Crippen molar-refractivity contribution in [2.75, 3.05) is 13.2 Å². The summed E-state index contributed by atoms with van der Waals surface area (Å²) >= 11 is 0. The van der Waals surface area contributed by atoms with Gasteiger partial charge in [0, 0.05) is 18.4 Å². The molecule has 59 heavy (non-hydrogen) atoms. The van der Waals surface area contributed by atoms with Gasteiger partial charge in [-0.3, -0.25) is 19.3 Å². The molecule has 9 nitrogen and oxygen atoms in total. The van der Waals surface area contributed by atoms with Crippen molar-refractivity contribution in [2.24, 2.45) is 17.8 Å². The lowest BCUT2D eigenvalue weighted by molar-refractivity contribution is -0.141. The summed E-state index contributed by atoms with van der Waals surface area (Å²) in [6, 6.07) is 32.3. The number of likely N-dealkylation sites (tertiary alicyclic amines) is 1. The zero-order valence-corrected chi connectivity index (χ0v) is 35.6. The second-order valence-electron chi connectivity index (χ2n) is 17.6. The Morgan fingerprint density at radius 2 is 1.51 bits per heavy atom. The number of carboxylic acid groups (broad SMARTS) is 1. The number of imide groups is 1. The monoisotopic (exact) mass is 813 g/mol. The number of fused-ring (bicyclic) bond motifs is 4. The zero-order valence-electron chi connectivity index (χ0n) is 34.6. The summed E-state index contributed by atoms with van der Waals surface area (Å²) in [5.41, 5.74) is 4.04. The van der Waals surface area contributed by atoms with Gasteiger partial charge in [-0.1, -0.05) is 130 Å². The number of amides is 2. The van der Waals surface area contributed by atoms with Crippen LogP contribution in [0.2, 0.25) is 11.4 Å². The van der Waals surface area contributed by atoms with Crippen molar-refractivity contribution in [1.82, 2.24) is 4.90 Å². The predicted octanol–water partition coefficient (Wildman–Crippen LogP) is 7.75. The maximum absolute atomic E-state index is 14.3. The van der Waals surface area contributed by atoms with Crippen LogP contribution in [0, 0.1) is 17.8 Å². The van der Waals surface area contributed by atoms with Gasteiger partial charge in [-0.05, 0) is 94.8 Å². The normalized spacial score (nSPS) is 21.3. The lowest BCUT2D eigenvalue weighted by Crippen LogP contribution is -2.66. The van der Waals surface area contributed by atoms with Crippen LogP contribution >= 0.6 is 0 Å². The van der Waals surface area contributed by atoms with Crippen molar-refractivity contribution in [2.45, 2.75) is 90.1 Å². The average Bonchev–Trinajstić information content (AvgIpc) is 3.45. The van der Waals surface area contributed by atoms with Crippen LogP contribution in [0.15, 0.2) is 114 Å². The third-order valence-electron chi connectivity index (χ3n) is 12.7. The van der Waals surface area contributed by atoms with E-state index in [1.807, 2.05) is 42.5 Å². The van der Waals surface area contributed by atoms with E-state index in [4.69, 9.17) is 14.2 Å². The largest absolute Gasteiger partial charge is 0.507 e. The molecule has 0 bridgehead atoms. The van der Waals surface area contributed by atoms with E-state index in [0.717, 1.165) is 43.4 Å². The van der Waals surface area contributed by atoms with E-state index in [0.29, 0.717) is 38.5 Å². The number of carbonyl (C=O) groups excluding carboxylic acids is 2. The Morgan fingerprint density at radius 1 is 0.864 bits per heavy atom. The summed E-state index contributed by atoms with van der Waals surface area (Å²) < 4.78 is 13.9. The average molecular weight is 814 g/mol. The highest BCUT2D eigenvalue weighted by atomic mass is 28.4. The van der Waals surface area contributed by atoms with Crippen LogP contribution in [0.1, 0.15) is 78.2 Å². The number of aromatic hydroxyl groups is 1. The van der Waals surface area contributed by atoms with Gasteiger partial charge in [-0.2, -0.15) is 0 Å². The number of phenols is 1. The number of hydrogen-bond acceptors (Lipinski definition) is 7. The molecule has 1 aliphatic carbocycles. The Kier molecular flexibility index (Phi) is 12.8. The topological polar surface area (TPSA) is 134 Å². The number of carboxylic acids is 1. The zero-order chi connectivity index (χ0) is 41.9. The summed E-state index contributed by atoms with van der Waals surface area (Å²) in [7, 11) is -4.11. The lowest BCUT2D eigenvalue weighted by Gasteiger charge is -2.46. The minimum atomic E-state index is -3.00. The van der Waals surface area contributed by atoms with Crippen molar-refractivity contribution < 1.29 is 38.7 Å². The van der Waals surface area contributed by atoms with E-state index in [2.05, 4.69) is 82.3 Å². The maximum Gasteiger partial charge on any atom is 0.455 e. The molecule has 4 aromatic rings. The van der Waals surface area contributed by atoms with E-state index in [1.165, 1.54) is 4.90 Å². The molecule has 0 spiro atoms. The van der Waals surface area contributed by atoms with Crippen molar-refractivity contribution in [3.63, 3.8) is 0 Å². The van der Waals surface area contributed by atoms with E-state index in [1.54, 1.807) is 6.07 Å². The molecule has 2 fully saturated rings. The third-order valence-corrected chi connectivity index (χ3v) is 17.7. The van der Waals surface area contributed by atoms with Crippen LogP contribution in [-0.4, -0.2) is 72.6 Å². The van der Waals surface area contributed by atoms with Crippen molar-refractivity contribution in [3.8, 4) is 5.75 Å². The molecule has 308 valence electrons. The minimum absolute atomic E-state index is 0.0522. The first-order valence-corrected chi connectivity index (χ1v) is 23.0. The number of hydrogen-bond donors (Lipinski definition) is 3. The highest BCUT2D eigenvalue weighted by Crippen LogP contribution is 2.51. The van der Waals surface area contributed by atoms with Gasteiger partial charge < -0.3 is 24.3 Å². The van der Waals surface area contributed by atoms with E-state index in [-0.39, 0.29) is 48.5 Å². The molecule has 0 saturated carbocycles. The molecule has 3 N–H and O–H groups in total. The standard InChI is InChI=1S/C48H56BNO8Si/c1-32(28-33-24-25-41(51)38-21-14-13-20-37(33)38)23-26-42-44-34(31-57-59(48(2,3)4,35-16-8-5-9-17-35)36-18-10-6-11-19-36)29-39-45(40(44)30-49(56)58-42)47(55)50(46(39)54)27-15-7-12-22-43(52)53/h5-6,8-11,13-14,16-21,24-25,28,39-40,42,45,51,56H,7,12,15,22-23,26-27,29-31H2,1-4H3,(H,52,53)/b32-28+/t39-,40+,42-,45-/m1/s1. The minimum Gasteiger partial charge on any atom is -0.507 e. The Morgan fingerprint density at radius 3 is 2.15 bits per heavy atom. The van der Waals surface area contributed by atoms with Crippen molar-refractivity contribution in [3.05, 3.63) is 119 Å². The van der Waals surface area contributed by atoms with Gasteiger partial charge in [0.2, 0.25) is 11.8 Å². The number of phenolic OH excluding ortho intramolecular Hbond substituents is 1. The molecule has 3 aliphatic rings. The number of carbonyl (C=O) groups is 3. The van der Waals surface area contributed by atoms with E-state index < -0.39 is 45.3 Å². The fraction of sp³-hybridized carbons (Fsp3) is 0.396. The Hall–Kier alpha value is -4.81. The Labute approximate surface area is 349 Å². The molecule has 11 heteroatoms. The van der Waals surface area contributed by atoms with Crippen LogP contribution in [0.3, 0.4) is 0 Å². The van der Waals surface area contributed by atoms with Gasteiger partial charge in [-0.25, -0.2) is 0 Å². The van der Waals surface area contributed by atoms with Crippen LogP contribution < -0.4 is 10.4 Å². The number of benzene rings is 4. The molecule has 2 heterocycles. The molecule has 2 aliphatic heterocycles. The molecule has 4 aromatic carbocycles. The summed E-state index contributed by atoms with van der Waals surface area (Å²) in [5.74, 6) is -2.63. The molecule has 0 unspecified atom stereocenters. The number of aliphatic carboxylic acids is 1. The quantitative estimate of drug-likeness (QED) is 0.0481. The molecule has 0 aromatic heterocycles. The predicted molar refractivity (Wildman–Crippen MR) is 235 cm³/mol. The van der Waals surface area contributed by atoms with E-state index >= 15 is 0 Å². The molecular weight excluding hydrogens is 757 g/mol. The Balaban J connectivity index is 1.25. The number of nitrogens with zero attached hydrogens (tertiary/aromatic N) is 1. The summed E-state index contributed by atoms with van der Waals surface area (Å²) in [4.78, 5) is 41.1. The Bertz CT molecular complexity index is 2200. The maximum atomic E-state index is 14.3. The van der Waals surface area contributed by atoms with Crippen LogP contribution in [0.25, 0.3) is 16.8 Å². The van der Waals surface area contributed by atoms with E-state index in [9.17, 15) is 24.5 Å². The highest BCUT2D eigenvalue weighted by Gasteiger charge is 2.58. The number of rotatable bonds is 15. The van der Waals surface area contributed by atoms with Crippen molar-refractivity contribution in [1.29, 1.82) is 0 Å². The lowest BCUT2D eigenvalue weighted by atomic mass is 9.58. The summed E-state index contributed by atoms with van der Waals surface area (Å²) in [6.07, 6.45) is 5.06. The smallest absolute Gasteiger partial charge is 0.455 e. The fourth-order valence-electron chi connectivity index (χ4n) is 9.99. The highest BCUT2D eigenvalue weighted by molar-refractivity contribution is 6.99. The number of allylic oxidation sites excluding steroid dienone is 1. The van der Waals surface area contributed by atoms with Crippen LogP contribution in [-0.2, 0) is 23.5 Å². The van der Waals surface area contributed by atoms with Gasteiger partial charge in [-0.15, -0.1) is 0 Å². The van der Waals surface area contributed by atoms with Crippen molar-refractivity contribution >= 4 is 60.4 Å². The molecule has 4 atom stereocenters. The molecule has 7 rings (SSSR count). The molecule has 2 saturated heterocycles. The molecule has 0 radical (unpaired) electrons. The van der Waals surface area contributed by atoms with Gasteiger partial charge >= 0.3 is 13.1 Å². The summed E-state index contributed by atoms with van der Waals surface area (Å²) in [5, 5.41) is 34.7. The molecular formula is C48H56BNO8Si. The van der Waals surface area contributed by atoms with Gasteiger partial charge in [0.1, 0.15) is 5.75 Å². The second-order valence-corrected chi connectivity index (χ2v) is 21.9. The van der Waals surface area contributed by atoms with Gasteiger partial charge in [0.15, 0.2) is 0 Å². The first kappa shape index (κ1) is 42.3. The molecule has 2 amide bonds. The third kappa shape index (κ3) is 8.62. The number of unbranched alkanes of at least 4 members (excludes halogenated alkanes) is 2. The van der Waals surface area contributed by atoms with Crippen LogP contribution in [0.4, 0.5) is 0 Å².